The number of aliphatic hydroxyl groups is 4. The van der Waals surface area contributed by atoms with E-state index in [-0.39, 0.29) is 0 Å². The normalized spacial score (nSPS) is 32.3. The van der Waals surface area contributed by atoms with Gasteiger partial charge in [-0.05, 0) is 6.07 Å². The summed E-state index contributed by atoms with van der Waals surface area (Å²) in [4.78, 5) is 11.2. The molecule has 1 fully saturated rings. The van der Waals surface area contributed by atoms with Gasteiger partial charge in [0, 0.05) is 17.1 Å². The Morgan fingerprint density at radius 2 is 1.86 bits per heavy atom. The maximum absolute atomic E-state index is 11.2. The van der Waals surface area contributed by atoms with Gasteiger partial charge < -0.3 is 29.7 Å². The van der Waals surface area contributed by atoms with Crippen LogP contribution in [0.1, 0.15) is 16.6 Å². The number of aromatic nitrogens is 1. The van der Waals surface area contributed by atoms with Crippen molar-refractivity contribution in [2.24, 2.45) is 0 Å². The van der Waals surface area contributed by atoms with Gasteiger partial charge in [-0.15, -0.1) is 0 Å². The van der Waals surface area contributed by atoms with Gasteiger partial charge in [0.1, 0.15) is 24.4 Å². The molecule has 1 aromatic heterocycles. The maximum atomic E-state index is 11.2. The van der Waals surface area contributed by atoms with Crippen LogP contribution in [-0.2, 0) is 4.74 Å². The number of para-hydroxylation sites is 1. The zero-order valence-corrected chi connectivity index (χ0v) is 11.6. The van der Waals surface area contributed by atoms with Crippen LogP contribution in [0.4, 0.5) is 0 Å². The Morgan fingerprint density at radius 1 is 1.14 bits per heavy atom. The molecule has 0 amide bonds. The fourth-order valence-electron chi connectivity index (χ4n) is 2.85. The third-order valence-corrected chi connectivity index (χ3v) is 4.04. The minimum Gasteiger partial charge on any atom is -0.394 e. The summed E-state index contributed by atoms with van der Waals surface area (Å²) < 4.78 is 7.05. The van der Waals surface area contributed by atoms with Gasteiger partial charge in [0.2, 0.25) is 0 Å². The predicted octanol–water partition coefficient (Wildman–Crippen LogP) is -0.574. The van der Waals surface area contributed by atoms with Crippen LogP contribution in [-0.4, -0.2) is 62.3 Å². The Balaban J connectivity index is 2.08. The van der Waals surface area contributed by atoms with Crippen LogP contribution in [0.5, 0.6) is 0 Å². The molecule has 0 radical (unpaired) electrons. The van der Waals surface area contributed by atoms with E-state index >= 15 is 0 Å². The molecule has 1 saturated heterocycles. The van der Waals surface area contributed by atoms with Crippen LogP contribution < -0.4 is 0 Å². The second kappa shape index (κ2) is 5.79. The molecule has 0 aliphatic carbocycles. The fraction of sp³-hybridized carbons (Fsp3) is 0.400. The van der Waals surface area contributed by atoms with Crippen molar-refractivity contribution in [1.82, 2.24) is 4.57 Å². The van der Waals surface area contributed by atoms with E-state index in [1.807, 2.05) is 0 Å². The number of fused-ring (bicyclic) bond motifs is 1. The number of aliphatic hydroxyl groups excluding tert-OH is 4. The van der Waals surface area contributed by atoms with E-state index < -0.39 is 37.3 Å². The van der Waals surface area contributed by atoms with Crippen molar-refractivity contribution in [1.29, 1.82) is 0 Å². The van der Waals surface area contributed by atoms with Gasteiger partial charge in [0.25, 0.3) is 0 Å². The highest BCUT2D eigenvalue weighted by Gasteiger charge is 2.44. The molecule has 1 aromatic carbocycles. The number of hydrogen-bond donors (Lipinski definition) is 4. The molecule has 0 saturated carbocycles. The molecule has 7 heteroatoms. The molecule has 118 valence electrons. The largest absolute Gasteiger partial charge is 0.394 e. The van der Waals surface area contributed by atoms with Crippen molar-refractivity contribution in [3.8, 4) is 0 Å². The molecular weight excluding hydrogens is 290 g/mol. The second-order valence-corrected chi connectivity index (χ2v) is 5.35. The van der Waals surface area contributed by atoms with Crippen molar-refractivity contribution in [2.75, 3.05) is 6.61 Å². The highest BCUT2D eigenvalue weighted by Crippen LogP contribution is 2.32. The molecule has 2 heterocycles. The molecule has 4 N–H and O–H groups in total. The zero-order chi connectivity index (χ0) is 15.9. The smallest absolute Gasteiger partial charge is 0.163 e. The minimum atomic E-state index is -1.46. The van der Waals surface area contributed by atoms with Crippen LogP contribution in [0.25, 0.3) is 10.9 Å². The lowest BCUT2D eigenvalue weighted by Gasteiger charge is -2.40. The number of rotatable bonds is 3. The second-order valence-electron chi connectivity index (χ2n) is 5.35. The van der Waals surface area contributed by atoms with Gasteiger partial charge in [0.15, 0.2) is 12.5 Å². The van der Waals surface area contributed by atoms with E-state index in [0.29, 0.717) is 22.8 Å². The number of benzene rings is 1. The lowest BCUT2D eigenvalue weighted by molar-refractivity contribution is -0.250. The Morgan fingerprint density at radius 3 is 2.55 bits per heavy atom. The van der Waals surface area contributed by atoms with Crippen molar-refractivity contribution < 1.29 is 30.0 Å². The molecular formula is C15H17NO6. The predicted molar refractivity (Wildman–Crippen MR) is 76.3 cm³/mol. The first-order chi connectivity index (χ1) is 10.6. The lowest BCUT2D eigenvalue weighted by atomic mass is 9.98. The highest BCUT2D eigenvalue weighted by atomic mass is 16.6. The summed E-state index contributed by atoms with van der Waals surface area (Å²) in [6.45, 7) is -0.499. The summed E-state index contributed by atoms with van der Waals surface area (Å²) in [6.07, 6.45) is -4.07. The molecule has 22 heavy (non-hydrogen) atoms. The topological polar surface area (TPSA) is 112 Å². The number of ether oxygens (including phenoxy) is 1. The molecule has 0 spiro atoms. The van der Waals surface area contributed by atoms with E-state index in [1.54, 1.807) is 24.3 Å². The van der Waals surface area contributed by atoms with E-state index in [1.165, 1.54) is 10.8 Å². The van der Waals surface area contributed by atoms with Crippen LogP contribution in [0, 0.1) is 0 Å². The molecule has 5 atom stereocenters. The monoisotopic (exact) mass is 307 g/mol. The summed E-state index contributed by atoms with van der Waals surface area (Å²) >= 11 is 0. The number of hydrogen-bond acceptors (Lipinski definition) is 6. The minimum absolute atomic E-state index is 0.424. The molecule has 7 nitrogen and oxygen atoms in total. The van der Waals surface area contributed by atoms with Crippen molar-refractivity contribution in [3.05, 3.63) is 36.0 Å². The van der Waals surface area contributed by atoms with Crippen molar-refractivity contribution in [2.45, 2.75) is 30.6 Å². The Labute approximate surface area is 126 Å². The highest BCUT2D eigenvalue weighted by molar-refractivity contribution is 5.97. The average molecular weight is 307 g/mol. The van der Waals surface area contributed by atoms with E-state index in [4.69, 9.17) is 4.74 Å². The van der Waals surface area contributed by atoms with E-state index in [0.717, 1.165) is 0 Å². The SMILES string of the molecule is O=Cc1cn([C@@H]2O[C@@H](CO)[C@H](O)[C@@H](O)[C@@H]2O)c2ccccc12. The summed E-state index contributed by atoms with van der Waals surface area (Å²) in [6, 6.07) is 7.08. The van der Waals surface area contributed by atoms with Gasteiger partial charge >= 0.3 is 0 Å². The Kier molecular flexibility index (Phi) is 3.98. The first-order valence-electron chi connectivity index (χ1n) is 6.93. The number of aldehydes is 1. The van der Waals surface area contributed by atoms with Gasteiger partial charge in [-0.2, -0.15) is 0 Å². The standard InChI is InChI=1S/C15H17NO6/c17-6-8-5-16(10-4-2-1-3-9(8)10)15-14(21)13(20)12(19)11(7-18)22-15/h1-6,11-15,18-21H,7H2/t11-,12-,13+,14-,15+/m0/s1. The molecule has 1 aliphatic rings. The Hall–Kier alpha value is -1.77. The molecule has 2 aromatic rings. The van der Waals surface area contributed by atoms with Gasteiger partial charge in [-0.1, -0.05) is 18.2 Å². The van der Waals surface area contributed by atoms with Crippen LogP contribution >= 0.6 is 0 Å². The summed E-state index contributed by atoms with van der Waals surface area (Å²) in [7, 11) is 0. The number of carbonyl (C=O) groups is 1. The zero-order valence-electron chi connectivity index (χ0n) is 11.6. The Bertz CT molecular complexity index is 682. The summed E-state index contributed by atoms with van der Waals surface area (Å²) in [5.74, 6) is 0. The summed E-state index contributed by atoms with van der Waals surface area (Å²) in [5.41, 5.74) is 1.07. The van der Waals surface area contributed by atoms with Crippen molar-refractivity contribution in [3.63, 3.8) is 0 Å². The first-order valence-corrected chi connectivity index (χ1v) is 6.93. The van der Waals surface area contributed by atoms with E-state index in [9.17, 15) is 25.2 Å². The average Bonchev–Trinajstić information content (AvgIpc) is 2.92. The van der Waals surface area contributed by atoms with Gasteiger partial charge in [-0.3, -0.25) is 4.79 Å². The maximum Gasteiger partial charge on any atom is 0.163 e. The van der Waals surface area contributed by atoms with Crippen LogP contribution in [0.3, 0.4) is 0 Å². The lowest BCUT2D eigenvalue weighted by Crippen LogP contribution is -2.56. The third kappa shape index (κ3) is 2.23. The third-order valence-electron chi connectivity index (χ3n) is 4.04. The molecule has 1 aliphatic heterocycles. The summed E-state index contributed by atoms with van der Waals surface area (Å²) in [5, 5.41) is 39.8. The van der Waals surface area contributed by atoms with E-state index in [2.05, 4.69) is 0 Å². The number of nitrogens with zero attached hydrogens (tertiary/aromatic N) is 1. The van der Waals surface area contributed by atoms with Gasteiger partial charge in [-0.25, -0.2) is 0 Å². The van der Waals surface area contributed by atoms with Gasteiger partial charge in [0.05, 0.1) is 12.1 Å². The van der Waals surface area contributed by atoms with Crippen LogP contribution in [0.15, 0.2) is 30.5 Å². The van der Waals surface area contributed by atoms with Crippen molar-refractivity contribution >= 4 is 17.2 Å². The molecule has 0 unspecified atom stereocenters. The first kappa shape index (κ1) is 15.1. The van der Waals surface area contributed by atoms with Crippen LogP contribution in [0.2, 0.25) is 0 Å². The number of carbonyl (C=O) groups excluding carboxylic acids is 1. The quantitative estimate of drug-likeness (QED) is 0.565. The fourth-order valence-corrected chi connectivity index (χ4v) is 2.85. The molecule has 0 bridgehead atoms. The molecule has 3 rings (SSSR count).